The van der Waals surface area contributed by atoms with Crippen molar-refractivity contribution in [1.29, 1.82) is 0 Å². The molecular formula is C15H12F4N6O. The zero-order chi connectivity index (χ0) is 19.1. The summed E-state index contributed by atoms with van der Waals surface area (Å²) in [6.45, 7) is 1.55. The number of alkyl halides is 3. The van der Waals surface area contributed by atoms with Gasteiger partial charge in [0.05, 0.1) is 0 Å². The van der Waals surface area contributed by atoms with E-state index in [0.29, 0.717) is 11.3 Å². The van der Waals surface area contributed by atoms with Gasteiger partial charge in [0.25, 0.3) is 11.6 Å². The van der Waals surface area contributed by atoms with Crippen LogP contribution >= 0.6 is 0 Å². The average molecular weight is 368 g/mol. The summed E-state index contributed by atoms with van der Waals surface area (Å²) in [7, 11) is 0. The first-order valence-corrected chi connectivity index (χ1v) is 7.28. The SMILES string of the molecule is Cc1cc(NC(C(N)=O)c2ccc(F)cc2)n2nc(C(F)(F)F)nc2n1. The molecule has 2 aromatic heterocycles. The van der Waals surface area contributed by atoms with Crippen molar-refractivity contribution in [1.82, 2.24) is 19.6 Å². The molecule has 26 heavy (non-hydrogen) atoms. The van der Waals surface area contributed by atoms with Gasteiger partial charge < -0.3 is 11.1 Å². The molecule has 0 bridgehead atoms. The molecule has 0 aliphatic carbocycles. The number of aromatic nitrogens is 4. The molecular weight excluding hydrogens is 356 g/mol. The van der Waals surface area contributed by atoms with Gasteiger partial charge in [-0.2, -0.15) is 22.7 Å². The Kier molecular flexibility index (Phi) is 4.22. The van der Waals surface area contributed by atoms with Crippen molar-refractivity contribution in [3.63, 3.8) is 0 Å². The monoisotopic (exact) mass is 368 g/mol. The molecule has 1 atom stereocenters. The number of nitrogens with zero attached hydrogens (tertiary/aromatic N) is 4. The van der Waals surface area contributed by atoms with Gasteiger partial charge in [-0.05, 0) is 24.6 Å². The first-order valence-electron chi connectivity index (χ1n) is 7.28. The minimum absolute atomic E-state index is 0.0311. The molecule has 0 saturated carbocycles. The molecule has 1 aromatic carbocycles. The van der Waals surface area contributed by atoms with Gasteiger partial charge in [-0.15, -0.1) is 5.10 Å². The third-order valence-electron chi connectivity index (χ3n) is 3.47. The van der Waals surface area contributed by atoms with Crippen LogP contribution in [0.4, 0.5) is 23.4 Å². The molecule has 136 valence electrons. The molecule has 0 aliphatic heterocycles. The second kappa shape index (κ2) is 6.24. The number of hydrogen-bond acceptors (Lipinski definition) is 5. The largest absolute Gasteiger partial charge is 0.453 e. The number of amides is 1. The second-order valence-corrected chi connectivity index (χ2v) is 5.46. The molecule has 3 aromatic rings. The summed E-state index contributed by atoms with van der Waals surface area (Å²) in [6.07, 6.45) is -4.75. The van der Waals surface area contributed by atoms with E-state index in [1.807, 2.05) is 0 Å². The number of primary amides is 1. The third-order valence-corrected chi connectivity index (χ3v) is 3.47. The van der Waals surface area contributed by atoms with Gasteiger partial charge in [0.1, 0.15) is 17.7 Å². The minimum atomic E-state index is -4.75. The van der Waals surface area contributed by atoms with Crippen molar-refractivity contribution in [3.8, 4) is 0 Å². The van der Waals surface area contributed by atoms with E-state index in [1.165, 1.54) is 18.2 Å². The van der Waals surface area contributed by atoms with Crippen LogP contribution in [0.3, 0.4) is 0 Å². The lowest BCUT2D eigenvalue weighted by molar-refractivity contribution is -0.144. The molecule has 1 unspecified atom stereocenters. The minimum Gasteiger partial charge on any atom is -0.368 e. The molecule has 0 spiro atoms. The van der Waals surface area contributed by atoms with Crippen LogP contribution in [-0.4, -0.2) is 25.5 Å². The van der Waals surface area contributed by atoms with Crippen LogP contribution in [0.5, 0.6) is 0 Å². The van der Waals surface area contributed by atoms with Crippen LogP contribution in [0.15, 0.2) is 30.3 Å². The standard InChI is InChI=1S/C15H12F4N6O/c1-7-6-10(25-14(21-7)23-13(24-25)15(17,18)19)22-11(12(20)26)8-2-4-9(16)5-3-8/h2-6,11,22H,1H3,(H2,20,26). The van der Waals surface area contributed by atoms with Crippen molar-refractivity contribution >= 4 is 17.5 Å². The highest BCUT2D eigenvalue weighted by molar-refractivity contribution is 5.84. The van der Waals surface area contributed by atoms with Crippen LogP contribution in [0, 0.1) is 12.7 Å². The summed E-state index contributed by atoms with van der Waals surface area (Å²) in [5.74, 6) is -2.94. The van der Waals surface area contributed by atoms with Gasteiger partial charge in [-0.1, -0.05) is 12.1 Å². The lowest BCUT2D eigenvalue weighted by Gasteiger charge is -2.17. The number of aryl methyl sites for hydroxylation is 1. The molecule has 2 heterocycles. The van der Waals surface area contributed by atoms with Gasteiger partial charge in [0.15, 0.2) is 0 Å². The van der Waals surface area contributed by atoms with E-state index in [-0.39, 0.29) is 11.6 Å². The number of hydrogen-bond donors (Lipinski definition) is 2. The predicted octanol–water partition coefficient (Wildman–Crippen LogP) is 2.23. The molecule has 1 amide bonds. The molecule has 0 saturated heterocycles. The van der Waals surface area contributed by atoms with E-state index in [2.05, 4.69) is 20.4 Å². The molecule has 3 rings (SSSR count). The van der Waals surface area contributed by atoms with Crippen LogP contribution < -0.4 is 11.1 Å². The van der Waals surface area contributed by atoms with E-state index in [1.54, 1.807) is 6.92 Å². The zero-order valence-electron chi connectivity index (χ0n) is 13.3. The first-order chi connectivity index (χ1) is 12.1. The Labute approximate surface area is 143 Å². The Hall–Kier alpha value is -3.24. The number of carbonyl (C=O) groups is 1. The van der Waals surface area contributed by atoms with Crippen LogP contribution in [0.1, 0.15) is 23.1 Å². The highest BCUT2D eigenvalue weighted by Crippen LogP contribution is 2.28. The fourth-order valence-electron chi connectivity index (χ4n) is 2.33. The number of rotatable bonds is 4. The van der Waals surface area contributed by atoms with E-state index >= 15 is 0 Å². The Morgan fingerprint density at radius 3 is 2.46 bits per heavy atom. The Balaban J connectivity index is 2.06. The van der Waals surface area contributed by atoms with Crippen molar-refractivity contribution in [2.45, 2.75) is 19.1 Å². The fraction of sp³-hybridized carbons (Fsp3) is 0.200. The zero-order valence-corrected chi connectivity index (χ0v) is 13.3. The van der Waals surface area contributed by atoms with Crippen molar-refractivity contribution in [2.24, 2.45) is 5.73 Å². The number of halogens is 4. The second-order valence-electron chi connectivity index (χ2n) is 5.46. The van der Waals surface area contributed by atoms with E-state index < -0.39 is 29.8 Å². The third kappa shape index (κ3) is 3.41. The Morgan fingerprint density at radius 2 is 1.88 bits per heavy atom. The molecule has 0 aliphatic rings. The van der Waals surface area contributed by atoms with E-state index in [4.69, 9.17) is 5.73 Å². The number of benzene rings is 1. The maximum Gasteiger partial charge on any atom is 0.453 e. The number of nitrogens with one attached hydrogen (secondary N) is 1. The predicted molar refractivity (Wildman–Crippen MR) is 82.5 cm³/mol. The number of fused-ring (bicyclic) bond motifs is 1. The number of nitrogens with two attached hydrogens (primary N) is 1. The smallest absolute Gasteiger partial charge is 0.368 e. The Morgan fingerprint density at radius 1 is 1.23 bits per heavy atom. The molecule has 11 heteroatoms. The van der Waals surface area contributed by atoms with Gasteiger partial charge in [0.2, 0.25) is 5.91 Å². The van der Waals surface area contributed by atoms with Crippen LogP contribution in [0.2, 0.25) is 0 Å². The molecule has 7 nitrogen and oxygen atoms in total. The van der Waals surface area contributed by atoms with Crippen molar-refractivity contribution in [3.05, 3.63) is 53.2 Å². The van der Waals surface area contributed by atoms with Crippen LogP contribution in [0.25, 0.3) is 5.78 Å². The maximum atomic E-state index is 13.1. The lowest BCUT2D eigenvalue weighted by Crippen LogP contribution is -2.28. The fourth-order valence-corrected chi connectivity index (χ4v) is 2.33. The summed E-state index contributed by atoms with van der Waals surface area (Å²) in [5.41, 5.74) is 6.06. The van der Waals surface area contributed by atoms with Gasteiger partial charge in [-0.3, -0.25) is 4.79 Å². The summed E-state index contributed by atoms with van der Waals surface area (Å²) >= 11 is 0. The summed E-state index contributed by atoms with van der Waals surface area (Å²) in [6, 6.07) is 5.21. The van der Waals surface area contributed by atoms with Gasteiger partial charge >= 0.3 is 6.18 Å². The molecule has 0 radical (unpaired) electrons. The van der Waals surface area contributed by atoms with Gasteiger partial charge in [-0.25, -0.2) is 9.37 Å². The highest BCUT2D eigenvalue weighted by atomic mass is 19.4. The van der Waals surface area contributed by atoms with E-state index in [9.17, 15) is 22.4 Å². The highest BCUT2D eigenvalue weighted by Gasteiger charge is 2.37. The van der Waals surface area contributed by atoms with E-state index in [0.717, 1.165) is 16.6 Å². The lowest BCUT2D eigenvalue weighted by atomic mass is 10.1. The average Bonchev–Trinajstić information content (AvgIpc) is 2.97. The summed E-state index contributed by atoms with van der Waals surface area (Å²) in [5, 5.41) is 6.11. The van der Waals surface area contributed by atoms with Gasteiger partial charge in [0, 0.05) is 11.8 Å². The molecule has 0 fully saturated rings. The van der Waals surface area contributed by atoms with Crippen molar-refractivity contribution in [2.75, 3.05) is 5.32 Å². The molecule has 3 N–H and O–H groups in total. The van der Waals surface area contributed by atoms with Crippen molar-refractivity contribution < 1.29 is 22.4 Å². The van der Waals surface area contributed by atoms with Crippen LogP contribution in [-0.2, 0) is 11.0 Å². The normalized spacial score (nSPS) is 13.0. The maximum absolute atomic E-state index is 13.1. The number of carbonyl (C=O) groups excluding carboxylic acids is 1. The summed E-state index contributed by atoms with van der Waals surface area (Å²) in [4.78, 5) is 19.0. The Bertz CT molecular complexity index is 967. The topological polar surface area (TPSA) is 98.2 Å². The first kappa shape index (κ1) is 17.6. The summed E-state index contributed by atoms with van der Waals surface area (Å²) < 4.78 is 52.5. The number of anilines is 1. The quantitative estimate of drug-likeness (QED) is 0.688.